The van der Waals surface area contributed by atoms with Crippen molar-refractivity contribution < 1.29 is 14.7 Å². The van der Waals surface area contributed by atoms with Gasteiger partial charge in [0.1, 0.15) is 12.1 Å². The molecule has 0 aliphatic heterocycles. The summed E-state index contributed by atoms with van der Waals surface area (Å²) in [6, 6.07) is 0. The lowest BCUT2D eigenvalue weighted by molar-refractivity contribution is -0.148. The molecule has 0 fully saturated rings. The van der Waals surface area contributed by atoms with Gasteiger partial charge in [-0.05, 0) is 12.8 Å². The minimum Gasteiger partial charge on any atom is -0.480 e. The van der Waals surface area contributed by atoms with Crippen LogP contribution in [-0.2, 0) is 16.1 Å². The lowest BCUT2D eigenvalue weighted by Crippen LogP contribution is -2.54. The van der Waals surface area contributed by atoms with Crippen molar-refractivity contribution in [2.75, 3.05) is 0 Å². The Bertz CT molecular complexity index is 384. The number of hydrogen-bond donors (Lipinski definition) is 2. The molecule has 1 heterocycles. The molecule has 7 nitrogen and oxygen atoms in total. The fourth-order valence-electron chi connectivity index (χ4n) is 1.55. The second-order valence-corrected chi connectivity index (χ2v) is 3.74. The molecule has 1 amide bonds. The molecule has 0 saturated heterocycles. The Morgan fingerprint density at radius 3 is 2.47 bits per heavy atom. The Kier molecular flexibility index (Phi) is 4.19. The molecule has 7 heteroatoms. The Morgan fingerprint density at radius 2 is 2.06 bits per heavy atom. The minimum absolute atomic E-state index is 0.0327. The molecule has 0 unspecified atom stereocenters. The summed E-state index contributed by atoms with van der Waals surface area (Å²) >= 11 is 0. The molecule has 0 atom stereocenters. The molecular weight excluding hydrogens is 224 g/mol. The lowest BCUT2D eigenvalue weighted by atomic mass is 9.93. The molecule has 0 bridgehead atoms. The molecule has 1 aromatic heterocycles. The largest absolute Gasteiger partial charge is 0.480 e. The van der Waals surface area contributed by atoms with Crippen LogP contribution in [0.2, 0.25) is 0 Å². The van der Waals surface area contributed by atoms with Crippen molar-refractivity contribution in [3.05, 3.63) is 12.4 Å². The van der Waals surface area contributed by atoms with Crippen LogP contribution in [0.15, 0.2) is 12.4 Å². The van der Waals surface area contributed by atoms with E-state index < -0.39 is 11.5 Å². The first kappa shape index (κ1) is 13.1. The lowest BCUT2D eigenvalue weighted by Gasteiger charge is -2.27. The van der Waals surface area contributed by atoms with Gasteiger partial charge in [-0.3, -0.25) is 4.79 Å². The summed E-state index contributed by atoms with van der Waals surface area (Å²) in [5.74, 6) is -1.41. The molecular formula is C10H16N4O3. The molecule has 94 valence electrons. The number of hydrogen-bond acceptors (Lipinski definition) is 4. The summed E-state index contributed by atoms with van der Waals surface area (Å²) in [6.07, 6.45) is 3.67. The normalized spacial score (nSPS) is 11.2. The topological polar surface area (TPSA) is 97.1 Å². The SMILES string of the molecule is CCC(CC)(NC(=O)Cn1ccnn1)C(=O)O. The van der Waals surface area contributed by atoms with Gasteiger partial charge >= 0.3 is 5.97 Å². The Morgan fingerprint density at radius 1 is 1.41 bits per heavy atom. The van der Waals surface area contributed by atoms with Gasteiger partial charge in [-0.2, -0.15) is 0 Å². The van der Waals surface area contributed by atoms with Crippen LogP contribution >= 0.6 is 0 Å². The van der Waals surface area contributed by atoms with E-state index in [1.807, 2.05) is 0 Å². The Labute approximate surface area is 98.8 Å². The molecule has 0 aromatic carbocycles. The van der Waals surface area contributed by atoms with Crippen LogP contribution in [0.5, 0.6) is 0 Å². The zero-order valence-electron chi connectivity index (χ0n) is 9.88. The highest BCUT2D eigenvalue weighted by molar-refractivity contribution is 5.86. The second-order valence-electron chi connectivity index (χ2n) is 3.74. The number of rotatable bonds is 6. The average molecular weight is 240 g/mol. The van der Waals surface area contributed by atoms with Gasteiger partial charge in [0.15, 0.2) is 0 Å². The van der Waals surface area contributed by atoms with Crippen LogP contribution in [0.25, 0.3) is 0 Å². The number of aromatic nitrogens is 3. The number of nitrogens with one attached hydrogen (secondary N) is 1. The molecule has 17 heavy (non-hydrogen) atoms. The number of nitrogens with zero attached hydrogens (tertiary/aromatic N) is 3. The van der Waals surface area contributed by atoms with Crippen molar-refractivity contribution in [3.8, 4) is 0 Å². The van der Waals surface area contributed by atoms with Gasteiger partial charge in [0, 0.05) is 6.20 Å². The van der Waals surface area contributed by atoms with Gasteiger partial charge < -0.3 is 10.4 Å². The third-order valence-electron chi connectivity index (χ3n) is 2.77. The summed E-state index contributed by atoms with van der Waals surface area (Å²) in [5.41, 5.74) is -1.20. The van der Waals surface area contributed by atoms with Crippen LogP contribution in [0.3, 0.4) is 0 Å². The first-order chi connectivity index (χ1) is 8.04. The minimum atomic E-state index is -1.20. The number of carboxylic acid groups (broad SMARTS) is 1. The molecule has 0 spiro atoms. The van der Waals surface area contributed by atoms with Gasteiger partial charge in [0.05, 0.1) is 6.20 Å². The van der Waals surface area contributed by atoms with Gasteiger partial charge in [0.2, 0.25) is 5.91 Å². The average Bonchev–Trinajstić information content (AvgIpc) is 2.78. The molecule has 0 radical (unpaired) electrons. The highest BCUT2D eigenvalue weighted by atomic mass is 16.4. The van der Waals surface area contributed by atoms with E-state index in [9.17, 15) is 9.59 Å². The third-order valence-corrected chi connectivity index (χ3v) is 2.77. The maximum Gasteiger partial charge on any atom is 0.329 e. The predicted octanol–water partition coefficient (Wildman–Crippen LogP) is 0.0377. The van der Waals surface area contributed by atoms with Crippen molar-refractivity contribution in [2.45, 2.75) is 38.8 Å². The summed E-state index contributed by atoms with van der Waals surface area (Å²) < 4.78 is 1.34. The van der Waals surface area contributed by atoms with E-state index in [0.29, 0.717) is 12.8 Å². The second kappa shape index (κ2) is 5.42. The van der Waals surface area contributed by atoms with Crippen molar-refractivity contribution in [2.24, 2.45) is 0 Å². The molecule has 0 aliphatic carbocycles. The van der Waals surface area contributed by atoms with Gasteiger partial charge in [-0.15, -0.1) is 5.10 Å². The van der Waals surface area contributed by atoms with E-state index in [1.54, 1.807) is 20.0 Å². The van der Waals surface area contributed by atoms with Gasteiger partial charge in [0.25, 0.3) is 0 Å². The van der Waals surface area contributed by atoms with Crippen LogP contribution in [-0.4, -0.2) is 37.5 Å². The first-order valence-electron chi connectivity index (χ1n) is 5.42. The summed E-state index contributed by atoms with van der Waals surface area (Å²) in [6.45, 7) is 3.43. The molecule has 1 rings (SSSR count). The third kappa shape index (κ3) is 3.02. The standard InChI is InChI=1S/C10H16N4O3/c1-3-10(4-2,9(16)17)12-8(15)7-14-6-5-11-13-14/h5-6H,3-4,7H2,1-2H3,(H,12,15)(H,16,17). The highest BCUT2D eigenvalue weighted by Gasteiger charge is 2.36. The maximum absolute atomic E-state index is 11.7. The van der Waals surface area contributed by atoms with E-state index in [1.165, 1.54) is 10.9 Å². The predicted molar refractivity (Wildman–Crippen MR) is 59.1 cm³/mol. The van der Waals surface area contributed by atoms with Gasteiger partial charge in [-0.1, -0.05) is 19.1 Å². The smallest absolute Gasteiger partial charge is 0.329 e. The zero-order chi connectivity index (χ0) is 12.9. The Balaban J connectivity index is 2.68. The van der Waals surface area contributed by atoms with Crippen molar-refractivity contribution >= 4 is 11.9 Å². The van der Waals surface area contributed by atoms with Crippen molar-refractivity contribution in [3.63, 3.8) is 0 Å². The fraction of sp³-hybridized carbons (Fsp3) is 0.600. The fourth-order valence-corrected chi connectivity index (χ4v) is 1.55. The van der Waals surface area contributed by atoms with Crippen molar-refractivity contribution in [1.82, 2.24) is 20.3 Å². The summed E-state index contributed by atoms with van der Waals surface area (Å²) in [4.78, 5) is 22.9. The molecule has 0 aliphatic rings. The Hall–Kier alpha value is -1.92. The summed E-state index contributed by atoms with van der Waals surface area (Å²) in [5, 5.41) is 18.9. The van der Waals surface area contributed by atoms with E-state index >= 15 is 0 Å². The number of aliphatic carboxylic acids is 1. The summed E-state index contributed by atoms with van der Waals surface area (Å²) in [7, 11) is 0. The highest BCUT2D eigenvalue weighted by Crippen LogP contribution is 2.15. The number of carbonyl (C=O) groups is 2. The molecule has 1 aromatic rings. The number of carboxylic acids is 1. The first-order valence-corrected chi connectivity index (χ1v) is 5.42. The van der Waals surface area contributed by atoms with E-state index in [4.69, 9.17) is 5.11 Å². The van der Waals surface area contributed by atoms with E-state index in [-0.39, 0.29) is 12.5 Å². The maximum atomic E-state index is 11.7. The zero-order valence-corrected chi connectivity index (χ0v) is 9.88. The van der Waals surface area contributed by atoms with Crippen LogP contribution < -0.4 is 5.32 Å². The van der Waals surface area contributed by atoms with Crippen molar-refractivity contribution in [1.29, 1.82) is 0 Å². The monoisotopic (exact) mass is 240 g/mol. The van der Waals surface area contributed by atoms with E-state index in [0.717, 1.165) is 0 Å². The molecule has 2 N–H and O–H groups in total. The van der Waals surface area contributed by atoms with Crippen LogP contribution in [0, 0.1) is 0 Å². The van der Waals surface area contributed by atoms with Crippen LogP contribution in [0.1, 0.15) is 26.7 Å². The van der Waals surface area contributed by atoms with Gasteiger partial charge in [-0.25, -0.2) is 9.48 Å². The number of amides is 1. The molecule has 0 saturated carbocycles. The number of carbonyl (C=O) groups excluding carboxylic acids is 1. The van der Waals surface area contributed by atoms with Crippen LogP contribution in [0.4, 0.5) is 0 Å². The van der Waals surface area contributed by atoms with E-state index in [2.05, 4.69) is 15.6 Å². The quantitative estimate of drug-likeness (QED) is 0.731.